The number of hydrogen-bond donors (Lipinski definition) is 0. The predicted octanol–water partition coefficient (Wildman–Crippen LogP) is 3.48. The molecule has 0 nitrogen and oxygen atoms in total. The maximum absolute atomic E-state index is 2.14. The van der Waals surface area contributed by atoms with Crippen LogP contribution < -0.4 is 0 Å². The molecule has 0 saturated heterocycles. The Kier molecular flexibility index (Phi) is 7.58. The lowest BCUT2D eigenvalue weighted by molar-refractivity contribution is 1.22. The zero-order valence-corrected chi connectivity index (χ0v) is 6.88. The van der Waals surface area contributed by atoms with E-state index in [0.717, 1.165) is 12.8 Å². The van der Waals surface area contributed by atoms with Crippen molar-refractivity contribution >= 4 is 0 Å². The quantitative estimate of drug-likeness (QED) is 0.410. The molecule has 0 aliphatic heterocycles. The van der Waals surface area contributed by atoms with E-state index in [0.29, 0.717) is 0 Å². The highest BCUT2D eigenvalue weighted by atomic mass is 13.7. The smallest absolute Gasteiger partial charge is 0.0166 e. The highest BCUT2D eigenvalue weighted by molar-refractivity contribution is 5.04. The van der Waals surface area contributed by atoms with Crippen LogP contribution >= 0.6 is 0 Å². The lowest BCUT2D eigenvalue weighted by atomic mass is 10.3. The molecule has 0 bridgehead atoms. The second kappa shape index (κ2) is 8.22. The van der Waals surface area contributed by atoms with Gasteiger partial charge < -0.3 is 0 Å². The van der Waals surface area contributed by atoms with Crippen molar-refractivity contribution in [3.05, 3.63) is 36.5 Å². The lowest BCUT2D eigenvalue weighted by Crippen LogP contribution is -1.56. The molecule has 0 radical (unpaired) electrons. The van der Waals surface area contributed by atoms with Gasteiger partial charge in [-0.05, 0) is 19.8 Å². The molecule has 0 fully saturated rings. The van der Waals surface area contributed by atoms with Gasteiger partial charge in [-0.2, -0.15) is 0 Å². The zero-order chi connectivity index (χ0) is 7.66. The first-order valence-corrected chi connectivity index (χ1v) is 3.84. The molecule has 0 rings (SSSR count). The van der Waals surface area contributed by atoms with Gasteiger partial charge >= 0.3 is 0 Å². The Morgan fingerprint density at radius 3 is 2.30 bits per heavy atom. The first kappa shape index (κ1) is 9.22. The van der Waals surface area contributed by atoms with Crippen molar-refractivity contribution in [2.75, 3.05) is 0 Å². The van der Waals surface area contributed by atoms with E-state index in [-0.39, 0.29) is 0 Å². The molecule has 0 saturated carbocycles. The van der Waals surface area contributed by atoms with Crippen LogP contribution in [0.2, 0.25) is 0 Å². The maximum atomic E-state index is 2.14. The van der Waals surface area contributed by atoms with Crippen LogP contribution in [-0.2, 0) is 0 Å². The SMILES string of the molecule is C/C=C\CC=CC=CCC. The van der Waals surface area contributed by atoms with E-state index < -0.39 is 0 Å². The van der Waals surface area contributed by atoms with Gasteiger partial charge in [0.15, 0.2) is 0 Å². The summed E-state index contributed by atoms with van der Waals surface area (Å²) < 4.78 is 0. The Labute approximate surface area is 64.0 Å². The van der Waals surface area contributed by atoms with Crippen molar-refractivity contribution in [3.63, 3.8) is 0 Å². The van der Waals surface area contributed by atoms with Crippen LogP contribution in [0.4, 0.5) is 0 Å². The van der Waals surface area contributed by atoms with Gasteiger partial charge in [0, 0.05) is 0 Å². The van der Waals surface area contributed by atoms with Crippen LogP contribution in [0.1, 0.15) is 26.7 Å². The largest absolute Gasteiger partial charge is 0.0914 e. The number of allylic oxidation sites excluding steroid dienone is 6. The summed E-state index contributed by atoms with van der Waals surface area (Å²) in [6, 6.07) is 0. The highest BCUT2D eigenvalue weighted by Gasteiger charge is 1.65. The molecule has 0 N–H and O–H groups in total. The maximum Gasteiger partial charge on any atom is -0.0166 e. The third-order valence-electron chi connectivity index (χ3n) is 1.13. The van der Waals surface area contributed by atoms with Crippen LogP contribution in [0.3, 0.4) is 0 Å². The summed E-state index contributed by atoms with van der Waals surface area (Å²) in [7, 11) is 0. The fourth-order valence-corrected chi connectivity index (χ4v) is 0.586. The number of hydrogen-bond acceptors (Lipinski definition) is 0. The molecule has 0 aromatic heterocycles. The van der Waals surface area contributed by atoms with Crippen molar-refractivity contribution in [2.45, 2.75) is 26.7 Å². The van der Waals surface area contributed by atoms with E-state index in [4.69, 9.17) is 0 Å². The monoisotopic (exact) mass is 136 g/mol. The summed E-state index contributed by atoms with van der Waals surface area (Å²) in [5.41, 5.74) is 0. The standard InChI is InChI=1S/C10H16/c1-3-5-7-9-10-8-6-4-2/h3,5-6,8-10H,4,7H2,1-2H3/b5-3-,8-6?,10-9?. The van der Waals surface area contributed by atoms with Crippen molar-refractivity contribution in [2.24, 2.45) is 0 Å². The fraction of sp³-hybridized carbons (Fsp3) is 0.400. The molecule has 0 heteroatoms. The van der Waals surface area contributed by atoms with Crippen LogP contribution in [-0.4, -0.2) is 0 Å². The Morgan fingerprint density at radius 2 is 1.70 bits per heavy atom. The van der Waals surface area contributed by atoms with E-state index in [9.17, 15) is 0 Å². The van der Waals surface area contributed by atoms with Crippen LogP contribution in [0.15, 0.2) is 36.5 Å². The van der Waals surface area contributed by atoms with Gasteiger partial charge in [0.25, 0.3) is 0 Å². The fourth-order valence-electron chi connectivity index (χ4n) is 0.586. The Morgan fingerprint density at radius 1 is 1.00 bits per heavy atom. The molecule has 10 heavy (non-hydrogen) atoms. The molecule has 0 unspecified atom stereocenters. The summed E-state index contributed by atoms with van der Waals surface area (Å²) in [6.07, 6.45) is 14.8. The van der Waals surface area contributed by atoms with E-state index in [2.05, 4.69) is 43.4 Å². The average molecular weight is 136 g/mol. The first-order valence-electron chi connectivity index (χ1n) is 3.84. The molecule has 0 aliphatic carbocycles. The van der Waals surface area contributed by atoms with Gasteiger partial charge in [0.05, 0.1) is 0 Å². The molecule has 0 aliphatic rings. The Balaban J connectivity index is 3.28. The van der Waals surface area contributed by atoms with Gasteiger partial charge in [0.1, 0.15) is 0 Å². The molecular formula is C10H16. The molecule has 0 spiro atoms. The van der Waals surface area contributed by atoms with E-state index in [1.54, 1.807) is 0 Å². The normalized spacial score (nSPS) is 12.6. The minimum absolute atomic E-state index is 1.05. The van der Waals surface area contributed by atoms with E-state index in [1.165, 1.54) is 0 Å². The second-order valence-electron chi connectivity index (χ2n) is 2.07. The van der Waals surface area contributed by atoms with Crippen molar-refractivity contribution in [1.29, 1.82) is 0 Å². The van der Waals surface area contributed by atoms with Crippen molar-refractivity contribution in [1.82, 2.24) is 0 Å². The molecule has 0 aromatic carbocycles. The highest BCUT2D eigenvalue weighted by Crippen LogP contribution is 1.87. The molecular weight excluding hydrogens is 120 g/mol. The van der Waals surface area contributed by atoms with Crippen molar-refractivity contribution < 1.29 is 0 Å². The summed E-state index contributed by atoms with van der Waals surface area (Å²) in [5.74, 6) is 0. The number of rotatable bonds is 4. The summed E-state index contributed by atoms with van der Waals surface area (Å²) in [4.78, 5) is 0. The predicted molar refractivity (Wildman–Crippen MR) is 48.0 cm³/mol. The summed E-state index contributed by atoms with van der Waals surface area (Å²) in [6.45, 7) is 4.17. The van der Waals surface area contributed by atoms with Gasteiger partial charge in [-0.25, -0.2) is 0 Å². The third kappa shape index (κ3) is 7.22. The summed E-state index contributed by atoms with van der Waals surface area (Å²) in [5, 5.41) is 0. The second-order valence-corrected chi connectivity index (χ2v) is 2.07. The molecule has 0 atom stereocenters. The van der Waals surface area contributed by atoms with Crippen LogP contribution in [0.25, 0.3) is 0 Å². The average Bonchev–Trinajstić information content (AvgIpc) is 1.97. The first-order chi connectivity index (χ1) is 4.91. The third-order valence-corrected chi connectivity index (χ3v) is 1.13. The lowest BCUT2D eigenvalue weighted by Gasteiger charge is -1.77. The Bertz CT molecular complexity index is 127. The van der Waals surface area contributed by atoms with Crippen molar-refractivity contribution in [3.8, 4) is 0 Å². The van der Waals surface area contributed by atoms with Crippen LogP contribution in [0.5, 0.6) is 0 Å². The Hall–Kier alpha value is -0.780. The van der Waals surface area contributed by atoms with E-state index in [1.807, 2.05) is 6.92 Å². The zero-order valence-electron chi connectivity index (χ0n) is 6.88. The molecule has 56 valence electrons. The minimum Gasteiger partial charge on any atom is -0.0914 e. The molecule has 0 heterocycles. The van der Waals surface area contributed by atoms with Gasteiger partial charge in [-0.15, -0.1) is 0 Å². The minimum atomic E-state index is 1.05. The topological polar surface area (TPSA) is 0 Å². The molecule has 0 aromatic rings. The molecule has 0 amide bonds. The van der Waals surface area contributed by atoms with Gasteiger partial charge in [-0.3, -0.25) is 0 Å². The van der Waals surface area contributed by atoms with Gasteiger partial charge in [-0.1, -0.05) is 43.4 Å². The van der Waals surface area contributed by atoms with Crippen LogP contribution in [0, 0.1) is 0 Å². The summed E-state index contributed by atoms with van der Waals surface area (Å²) >= 11 is 0. The van der Waals surface area contributed by atoms with Gasteiger partial charge in [0.2, 0.25) is 0 Å². The van der Waals surface area contributed by atoms with E-state index >= 15 is 0 Å².